The fourth-order valence-electron chi connectivity index (χ4n) is 3.47. The van der Waals surface area contributed by atoms with Gasteiger partial charge in [0.2, 0.25) is 0 Å². The summed E-state index contributed by atoms with van der Waals surface area (Å²) in [6.45, 7) is 0.818. The molecule has 1 aliphatic heterocycles. The van der Waals surface area contributed by atoms with Gasteiger partial charge in [0, 0.05) is 11.6 Å². The standard InChI is InChI=1S/C16H22ClNO2/c1-19-15-5-4-12(17)10-14(15)18-11-13-6-9-16(20-13)7-2-3-8-16/h4-5,10,13,18H,2-3,6-9,11H2,1H3. The van der Waals surface area contributed by atoms with Crippen LogP contribution < -0.4 is 10.1 Å². The van der Waals surface area contributed by atoms with Gasteiger partial charge in [-0.1, -0.05) is 24.4 Å². The molecule has 1 heterocycles. The topological polar surface area (TPSA) is 30.5 Å². The van der Waals surface area contributed by atoms with E-state index in [0.29, 0.717) is 11.1 Å². The Morgan fingerprint density at radius 3 is 2.90 bits per heavy atom. The van der Waals surface area contributed by atoms with Gasteiger partial charge < -0.3 is 14.8 Å². The van der Waals surface area contributed by atoms with Crippen LogP contribution >= 0.6 is 11.6 Å². The van der Waals surface area contributed by atoms with E-state index in [4.69, 9.17) is 21.1 Å². The quantitative estimate of drug-likeness (QED) is 0.900. The van der Waals surface area contributed by atoms with Gasteiger partial charge in [0.1, 0.15) is 5.75 Å². The van der Waals surface area contributed by atoms with Crippen molar-refractivity contribution < 1.29 is 9.47 Å². The molecule has 1 aromatic rings. The van der Waals surface area contributed by atoms with Gasteiger partial charge in [-0.15, -0.1) is 0 Å². The molecule has 4 heteroatoms. The minimum absolute atomic E-state index is 0.199. The average molecular weight is 296 g/mol. The molecule has 0 aromatic heterocycles. The molecule has 0 radical (unpaired) electrons. The van der Waals surface area contributed by atoms with Crippen molar-refractivity contribution in [2.45, 2.75) is 50.2 Å². The zero-order valence-electron chi connectivity index (χ0n) is 12.0. The summed E-state index contributed by atoms with van der Waals surface area (Å²) in [5.41, 5.74) is 1.14. The minimum atomic E-state index is 0.199. The predicted octanol–water partition coefficient (Wildman–Crippen LogP) is 4.25. The Balaban J connectivity index is 1.59. The molecule has 1 aromatic carbocycles. The lowest BCUT2D eigenvalue weighted by atomic mass is 9.98. The molecule has 1 saturated heterocycles. The van der Waals surface area contributed by atoms with Gasteiger partial charge in [-0.05, 0) is 43.9 Å². The highest BCUT2D eigenvalue weighted by Crippen LogP contribution is 2.43. The molecule has 3 rings (SSSR count). The molecule has 2 fully saturated rings. The summed E-state index contributed by atoms with van der Waals surface area (Å²) in [6.07, 6.45) is 7.79. The molecule has 1 N–H and O–H groups in total. The SMILES string of the molecule is COc1ccc(Cl)cc1NCC1CCC2(CCCC2)O1. The van der Waals surface area contributed by atoms with Crippen molar-refractivity contribution in [3.8, 4) is 5.75 Å². The van der Waals surface area contributed by atoms with Crippen LogP contribution in [0.2, 0.25) is 5.02 Å². The zero-order chi connectivity index (χ0) is 14.0. The second-order valence-corrected chi connectivity index (χ2v) is 6.33. The Bertz CT molecular complexity index is 472. The smallest absolute Gasteiger partial charge is 0.142 e. The van der Waals surface area contributed by atoms with Gasteiger partial charge in [-0.2, -0.15) is 0 Å². The summed E-state index contributed by atoms with van der Waals surface area (Å²) in [4.78, 5) is 0. The normalized spacial score (nSPS) is 24.2. The molecule has 20 heavy (non-hydrogen) atoms. The molecule has 110 valence electrons. The van der Waals surface area contributed by atoms with E-state index < -0.39 is 0 Å². The van der Waals surface area contributed by atoms with E-state index in [1.807, 2.05) is 18.2 Å². The molecule has 1 spiro atoms. The first-order chi connectivity index (χ1) is 9.71. The van der Waals surface area contributed by atoms with E-state index in [1.54, 1.807) is 7.11 Å². The summed E-state index contributed by atoms with van der Waals surface area (Å²) in [6, 6.07) is 5.63. The Hall–Kier alpha value is -0.930. The molecule has 0 amide bonds. The number of anilines is 1. The lowest BCUT2D eigenvalue weighted by molar-refractivity contribution is -0.0307. The number of rotatable bonds is 4. The maximum Gasteiger partial charge on any atom is 0.142 e. The van der Waals surface area contributed by atoms with Gasteiger partial charge in [0.25, 0.3) is 0 Å². The van der Waals surface area contributed by atoms with Crippen molar-refractivity contribution in [3.05, 3.63) is 23.2 Å². The van der Waals surface area contributed by atoms with E-state index >= 15 is 0 Å². The lowest BCUT2D eigenvalue weighted by Crippen LogP contribution is -2.27. The second-order valence-electron chi connectivity index (χ2n) is 5.89. The highest BCUT2D eigenvalue weighted by Gasteiger charge is 2.41. The molecule has 2 aliphatic rings. The van der Waals surface area contributed by atoms with Crippen molar-refractivity contribution in [1.29, 1.82) is 0 Å². The van der Waals surface area contributed by atoms with Crippen LogP contribution in [0.25, 0.3) is 0 Å². The van der Waals surface area contributed by atoms with Crippen LogP contribution in [-0.4, -0.2) is 25.4 Å². The van der Waals surface area contributed by atoms with Crippen LogP contribution in [0.15, 0.2) is 18.2 Å². The largest absolute Gasteiger partial charge is 0.495 e. The first-order valence-corrected chi connectivity index (χ1v) is 7.84. The van der Waals surface area contributed by atoms with E-state index in [-0.39, 0.29) is 5.60 Å². The summed E-state index contributed by atoms with van der Waals surface area (Å²) in [7, 11) is 1.67. The number of ether oxygens (including phenoxy) is 2. The Kier molecular flexibility index (Phi) is 4.08. The molecule has 1 saturated carbocycles. The Labute approximate surface area is 125 Å². The van der Waals surface area contributed by atoms with Crippen LogP contribution in [0.1, 0.15) is 38.5 Å². The van der Waals surface area contributed by atoms with E-state index in [2.05, 4.69) is 5.32 Å². The highest BCUT2D eigenvalue weighted by atomic mass is 35.5. The van der Waals surface area contributed by atoms with Gasteiger partial charge in [-0.3, -0.25) is 0 Å². The van der Waals surface area contributed by atoms with Crippen molar-refractivity contribution in [3.63, 3.8) is 0 Å². The van der Waals surface area contributed by atoms with E-state index in [9.17, 15) is 0 Å². The molecule has 0 bridgehead atoms. The maximum absolute atomic E-state index is 6.30. The van der Waals surface area contributed by atoms with Crippen LogP contribution in [0.3, 0.4) is 0 Å². The van der Waals surface area contributed by atoms with Crippen molar-refractivity contribution in [1.82, 2.24) is 0 Å². The van der Waals surface area contributed by atoms with Crippen LogP contribution in [0.4, 0.5) is 5.69 Å². The first-order valence-electron chi connectivity index (χ1n) is 7.46. The fourth-order valence-corrected chi connectivity index (χ4v) is 3.64. The van der Waals surface area contributed by atoms with Gasteiger partial charge >= 0.3 is 0 Å². The van der Waals surface area contributed by atoms with Gasteiger partial charge in [0.15, 0.2) is 0 Å². The third-order valence-corrected chi connectivity index (χ3v) is 4.77. The fraction of sp³-hybridized carbons (Fsp3) is 0.625. The van der Waals surface area contributed by atoms with Gasteiger partial charge in [-0.25, -0.2) is 0 Å². The van der Waals surface area contributed by atoms with Crippen LogP contribution in [0, 0.1) is 0 Å². The molecule has 1 aliphatic carbocycles. The molecule has 3 nitrogen and oxygen atoms in total. The number of benzene rings is 1. The summed E-state index contributed by atoms with van der Waals surface area (Å²) in [5.74, 6) is 0.822. The van der Waals surface area contributed by atoms with Crippen molar-refractivity contribution in [2.75, 3.05) is 19.0 Å². The lowest BCUT2D eigenvalue weighted by Gasteiger charge is -2.24. The molecular formula is C16H22ClNO2. The monoisotopic (exact) mass is 295 g/mol. The zero-order valence-corrected chi connectivity index (χ0v) is 12.7. The Morgan fingerprint density at radius 1 is 1.35 bits per heavy atom. The second kappa shape index (κ2) is 5.82. The van der Waals surface area contributed by atoms with Crippen molar-refractivity contribution in [2.24, 2.45) is 0 Å². The third-order valence-electron chi connectivity index (χ3n) is 4.54. The number of methoxy groups -OCH3 is 1. The van der Waals surface area contributed by atoms with Gasteiger partial charge in [0.05, 0.1) is 24.5 Å². The summed E-state index contributed by atoms with van der Waals surface area (Å²) < 4.78 is 11.6. The predicted molar refractivity (Wildman–Crippen MR) is 81.8 cm³/mol. The minimum Gasteiger partial charge on any atom is -0.495 e. The molecule has 1 unspecified atom stereocenters. The average Bonchev–Trinajstić information content (AvgIpc) is 3.07. The van der Waals surface area contributed by atoms with Crippen LogP contribution in [0.5, 0.6) is 5.75 Å². The number of halogens is 1. The maximum atomic E-state index is 6.30. The number of hydrogen-bond donors (Lipinski definition) is 1. The summed E-state index contributed by atoms with van der Waals surface area (Å²) >= 11 is 6.04. The third kappa shape index (κ3) is 2.89. The van der Waals surface area contributed by atoms with E-state index in [1.165, 1.54) is 32.1 Å². The first kappa shape index (κ1) is 14.0. The Morgan fingerprint density at radius 2 is 2.15 bits per heavy atom. The number of nitrogens with one attached hydrogen (secondary N) is 1. The van der Waals surface area contributed by atoms with Crippen molar-refractivity contribution >= 4 is 17.3 Å². The molecule has 1 atom stereocenters. The highest BCUT2D eigenvalue weighted by molar-refractivity contribution is 6.30. The molecular weight excluding hydrogens is 274 g/mol. The van der Waals surface area contributed by atoms with Crippen LogP contribution in [-0.2, 0) is 4.74 Å². The number of hydrogen-bond acceptors (Lipinski definition) is 3. The summed E-state index contributed by atoms with van der Waals surface area (Å²) in [5, 5.41) is 4.13. The van der Waals surface area contributed by atoms with E-state index in [0.717, 1.165) is 24.4 Å².